The Labute approximate surface area is 92.0 Å². The van der Waals surface area contributed by atoms with Gasteiger partial charge in [-0.1, -0.05) is 12.7 Å². The average molecular weight is 214 g/mol. The summed E-state index contributed by atoms with van der Waals surface area (Å²) in [5.74, 6) is -0.00171. The predicted molar refractivity (Wildman–Crippen MR) is 64.0 cm³/mol. The first-order valence-electron chi connectivity index (χ1n) is 4.61. The lowest BCUT2D eigenvalue weighted by Gasteiger charge is -2.05. The molecule has 0 saturated heterocycles. The van der Waals surface area contributed by atoms with Crippen LogP contribution in [0.25, 0.3) is 11.0 Å². The minimum atomic E-state index is -0.00171. The number of anilines is 1. The number of nitrogen functional groups attached to an aromatic ring is 1. The van der Waals surface area contributed by atoms with Crippen molar-refractivity contribution in [1.29, 1.82) is 0 Å². The lowest BCUT2D eigenvalue weighted by Crippen LogP contribution is -1.91. The van der Waals surface area contributed by atoms with Crippen LogP contribution in [-0.2, 0) is 0 Å². The zero-order valence-electron chi connectivity index (χ0n) is 8.46. The molecule has 0 bridgehead atoms. The van der Waals surface area contributed by atoms with Gasteiger partial charge in [0.15, 0.2) is 0 Å². The van der Waals surface area contributed by atoms with E-state index in [1.165, 1.54) is 30.8 Å². The number of nitrogens with two attached hydrogens (primary N) is 1. The van der Waals surface area contributed by atoms with Gasteiger partial charge in [-0.2, -0.15) is 0 Å². The van der Waals surface area contributed by atoms with E-state index in [-0.39, 0.29) is 5.75 Å². The van der Waals surface area contributed by atoms with Crippen molar-refractivity contribution in [3.05, 3.63) is 31.1 Å². The summed E-state index contributed by atoms with van der Waals surface area (Å²) in [7, 11) is 0. The summed E-state index contributed by atoms with van der Waals surface area (Å²) in [5.41, 5.74) is 7.44. The van der Waals surface area contributed by atoms with Gasteiger partial charge in [-0.25, -0.2) is 4.98 Å². The summed E-state index contributed by atoms with van der Waals surface area (Å²) < 4.78 is 0. The molecule has 2 rings (SSSR count). The van der Waals surface area contributed by atoms with E-state index in [0.29, 0.717) is 22.4 Å². The molecule has 80 valence electrons. The summed E-state index contributed by atoms with van der Waals surface area (Å²) in [6.45, 7) is 3.53. The van der Waals surface area contributed by atoms with Gasteiger partial charge in [0.25, 0.3) is 0 Å². The van der Waals surface area contributed by atoms with Crippen LogP contribution in [0.2, 0.25) is 0 Å². The van der Waals surface area contributed by atoms with Gasteiger partial charge in [-0.15, -0.1) is 0 Å². The molecule has 1 aromatic heterocycles. The van der Waals surface area contributed by atoms with Crippen molar-refractivity contribution in [3.8, 4) is 5.75 Å². The minimum absolute atomic E-state index is 0.00171. The van der Waals surface area contributed by atoms with Crippen LogP contribution in [-0.4, -0.2) is 21.3 Å². The minimum Gasteiger partial charge on any atom is -0.506 e. The van der Waals surface area contributed by atoms with Crippen molar-refractivity contribution in [2.24, 2.45) is 4.99 Å². The predicted octanol–water partition coefficient (Wildman–Crippen LogP) is 1.81. The van der Waals surface area contributed by atoms with Gasteiger partial charge in [0.05, 0.1) is 5.69 Å². The summed E-state index contributed by atoms with van der Waals surface area (Å²) in [5, 5.41) is 9.65. The summed E-state index contributed by atoms with van der Waals surface area (Å²) in [6.07, 6.45) is 6.07. The van der Waals surface area contributed by atoms with Gasteiger partial charge >= 0.3 is 0 Å². The third-order valence-electron chi connectivity index (χ3n) is 2.04. The number of phenols is 1. The van der Waals surface area contributed by atoms with E-state index in [2.05, 4.69) is 21.5 Å². The molecule has 16 heavy (non-hydrogen) atoms. The number of aliphatic imine (C=N–C) groups is 1. The molecule has 0 aliphatic rings. The zero-order chi connectivity index (χ0) is 11.5. The SMILES string of the molecule is C=CC=Nc1c(N)cc(O)c2nccnc12. The molecule has 1 aromatic carbocycles. The van der Waals surface area contributed by atoms with Crippen LogP contribution in [0.3, 0.4) is 0 Å². The van der Waals surface area contributed by atoms with E-state index in [9.17, 15) is 5.11 Å². The number of aromatic hydroxyl groups is 1. The highest BCUT2D eigenvalue weighted by molar-refractivity contribution is 5.98. The van der Waals surface area contributed by atoms with E-state index in [1.807, 2.05) is 0 Å². The maximum Gasteiger partial charge on any atom is 0.145 e. The molecule has 0 atom stereocenters. The van der Waals surface area contributed by atoms with Crippen LogP contribution in [0.5, 0.6) is 5.75 Å². The summed E-state index contributed by atoms with van der Waals surface area (Å²) in [4.78, 5) is 12.2. The molecule has 5 heteroatoms. The molecule has 0 saturated carbocycles. The molecule has 2 aromatic rings. The molecule has 0 aliphatic carbocycles. The number of aromatic nitrogens is 2. The van der Waals surface area contributed by atoms with Crippen molar-refractivity contribution in [1.82, 2.24) is 9.97 Å². The van der Waals surface area contributed by atoms with Crippen molar-refractivity contribution in [2.45, 2.75) is 0 Å². The first-order chi connectivity index (χ1) is 7.74. The molecule has 5 nitrogen and oxygen atoms in total. The van der Waals surface area contributed by atoms with E-state index < -0.39 is 0 Å². The van der Waals surface area contributed by atoms with Gasteiger partial charge < -0.3 is 10.8 Å². The van der Waals surface area contributed by atoms with E-state index in [0.717, 1.165) is 0 Å². The van der Waals surface area contributed by atoms with Crippen LogP contribution in [0.15, 0.2) is 36.1 Å². The molecule has 0 amide bonds. The molecule has 1 heterocycles. The van der Waals surface area contributed by atoms with E-state index in [1.54, 1.807) is 0 Å². The number of fused-ring (bicyclic) bond motifs is 1. The normalized spacial score (nSPS) is 11.0. The Morgan fingerprint density at radius 2 is 2.00 bits per heavy atom. The monoisotopic (exact) mass is 214 g/mol. The van der Waals surface area contributed by atoms with Gasteiger partial charge in [0.1, 0.15) is 22.5 Å². The van der Waals surface area contributed by atoms with Crippen molar-refractivity contribution < 1.29 is 5.11 Å². The Kier molecular flexibility index (Phi) is 2.51. The van der Waals surface area contributed by atoms with Gasteiger partial charge in [-0.05, 0) is 0 Å². The Morgan fingerprint density at radius 3 is 2.69 bits per heavy atom. The van der Waals surface area contributed by atoms with E-state index >= 15 is 0 Å². The van der Waals surface area contributed by atoms with Gasteiger partial charge in [0.2, 0.25) is 0 Å². The number of allylic oxidation sites excluding steroid dienone is 1. The highest BCUT2D eigenvalue weighted by Gasteiger charge is 2.10. The lowest BCUT2D eigenvalue weighted by atomic mass is 10.2. The van der Waals surface area contributed by atoms with Crippen LogP contribution >= 0.6 is 0 Å². The fraction of sp³-hybridized carbons (Fsp3) is 0. The summed E-state index contributed by atoms with van der Waals surface area (Å²) >= 11 is 0. The quantitative estimate of drug-likeness (QED) is 0.589. The zero-order valence-corrected chi connectivity index (χ0v) is 8.46. The fourth-order valence-corrected chi connectivity index (χ4v) is 1.38. The van der Waals surface area contributed by atoms with Crippen LogP contribution in [0.1, 0.15) is 0 Å². The molecule has 0 radical (unpaired) electrons. The molecular weight excluding hydrogens is 204 g/mol. The third-order valence-corrected chi connectivity index (χ3v) is 2.04. The molecule has 0 unspecified atom stereocenters. The standard InChI is InChI=1S/C11H10N4O/c1-2-3-13-9-7(12)6-8(16)10-11(9)15-5-4-14-10/h2-6,16H,1,12H2. The summed E-state index contributed by atoms with van der Waals surface area (Å²) in [6, 6.07) is 1.41. The fourth-order valence-electron chi connectivity index (χ4n) is 1.38. The molecular formula is C11H10N4O. The van der Waals surface area contributed by atoms with Gasteiger partial charge in [0, 0.05) is 24.7 Å². The average Bonchev–Trinajstić information content (AvgIpc) is 2.29. The smallest absolute Gasteiger partial charge is 0.145 e. The second kappa shape index (κ2) is 3.98. The molecule has 0 spiro atoms. The second-order valence-electron chi connectivity index (χ2n) is 3.10. The number of phenolic OH excluding ortho intramolecular Hbond substituents is 1. The number of rotatable bonds is 2. The number of benzene rings is 1. The van der Waals surface area contributed by atoms with Crippen LogP contribution in [0.4, 0.5) is 11.4 Å². The maximum absolute atomic E-state index is 9.65. The topological polar surface area (TPSA) is 84.4 Å². The Hall–Kier alpha value is -2.43. The maximum atomic E-state index is 9.65. The lowest BCUT2D eigenvalue weighted by molar-refractivity contribution is 0.480. The molecule has 0 aliphatic heterocycles. The first-order valence-corrected chi connectivity index (χ1v) is 4.61. The van der Waals surface area contributed by atoms with Crippen molar-refractivity contribution >= 4 is 28.6 Å². The van der Waals surface area contributed by atoms with Crippen molar-refractivity contribution in [2.75, 3.05) is 5.73 Å². The third kappa shape index (κ3) is 1.58. The van der Waals surface area contributed by atoms with Crippen LogP contribution < -0.4 is 5.73 Å². The van der Waals surface area contributed by atoms with E-state index in [4.69, 9.17) is 5.73 Å². The van der Waals surface area contributed by atoms with Crippen LogP contribution in [0, 0.1) is 0 Å². The number of nitrogens with zero attached hydrogens (tertiary/aromatic N) is 3. The largest absolute Gasteiger partial charge is 0.506 e. The van der Waals surface area contributed by atoms with Crippen molar-refractivity contribution in [3.63, 3.8) is 0 Å². The Bertz CT molecular complexity index is 577. The Morgan fingerprint density at radius 1 is 1.31 bits per heavy atom. The molecule has 0 fully saturated rings. The highest BCUT2D eigenvalue weighted by Crippen LogP contribution is 2.35. The number of hydrogen-bond donors (Lipinski definition) is 2. The number of hydrogen-bond acceptors (Lipinski definition) is 5. The highest BCUT2D eigenvalue weighted by atomic mass is 16.3. The van der Waals surface area contributed by atoms with Gasteiger partial charge in [-0.3, -0.25) is 9.98 Å². The second-order valence-corrected chi connectivity index (χ2v) is 3.10. The molecule has 3 N–H and O–H groups in total. The Balaban J connectivity index is 2.81. The first kappa shape index (κ1) is 10.1.